The van der Waals surface area contributed by atoms with Crippen LogP contribution in [0, 0.1) is 11.6 Å². The molecule has 9 heteroatoms. The molecule has 2 aliphatic heterocycles. The Hall–Kier alpha value is -4.21. The minimum atomic E-state index is -1.76. The molecular formula is C36H37F2NO6. The molecule has 1 unspecified atom stereocenters. The molecule has 7 nitrogen and oxygen atoms in total. The van der Waals surface area contributed by atoms with Crippen molar-refractivity contribution in [3.8, 4) is 0 Å². The highest BCUT2D eigenvalue weighted by molar-refractivity contribution is 5.96. The summed E-state index contributed by atoms with van der Waals surface area (Å²) in [5.41, 5.74) is 3.02. The summed E-state index contributed by atoms with van der Waals surface area (Å²) < 4.78 is 45.5. The van der Waals surface area contributed by atoms with Crippen LogP contribution >= 0.6 is 0 Å². The number of Topliss-reactive ketones (excluding diaryl/α,β-unsaturated/α-hetero) is 1. The van der Waals surface area contributed by atoms with E-state index in [1.807, 2.05) is 24.3 Å². The van der Waals surface area contributed by atoms with Crippen LogP contribution in [0.3, 0.4) is 0 Å². The molecule has 1 fully saturated rings. The third kappa shape index (κ3) is 7.90. The third-order valence-electron chi connectivity index (χ3n) is 8.14. The molecule has 1 atom stereocenters. The van der Waals surface area contributed by atoms with Crippen molar-refractivity contribution in [3.63, 3.8) is 0 Å². The van der Waals surface area contributed by atoms with E-state index in [-0.39, 0.29) is 24.0 Å². The molecule has 1 saturated heterocycles. The van der Waals surface area contributed by atoms with E-state index in [0.29, 0.717) is 42.6 Å². The number of hydrogen-bond acceptors (Lipinski definition) is 7. The topological polar surface area (TPSA) is 82.1 Å². The van der Waals surface area contributed by atoms with E-state index in [2.05, 4.69) is 20.8 Å². The zero-order chi connectivity index (χ0) is 32.2. The number of piperidine rings is 1. The molecule has 2 heterocycles. The van der Waals surface area contributed by atoms with Gasteiger partial charge >= 0.3 is 17.8 Å². The van der Waals surface area contributed by atoms with Gasteiger partial charge < -0.3 is 14.2 Å². The summed E-state index contributed by atoms with van der Waals surface area (Å²) >= 11 is 0. The summed E-state index contributed by atoms with van der Waals surface area (Å²) in [5.74, 6) is -4.07. The number of likely N-dealkylation sites (tertiary alicyclic amines) is 1. The summed E-state index contributed by atoms with van der Waals surface area (Å²) in [6, 6.07) is 19.3. The number of carbonyl (C=O) groups excluding carboxylic acids is 3. The number of benzene rings is 3. The van der Waals surface area contributed by atoms with Gasteiger partial charge in [-0.05, 0) is 59.2 Å². The average molecular weight is 618 g/mol. The van der Waals surface area contributed by atoms with Crippen LogP contribution < -0.4 is 0 Å². The molecule has 0 N–H and O–H groups in total. The maximum atomic E-state index is 13.7. The lowest BCUT2D eigenvalue weighted by molar-refractivity contribution is -0.307. The van der Waals surface area contributed by atoms with E-state index in [4.69, 9.17) is 14.2 Å². The highest BCUT2D eigenvalue weighted by atomic mass is 19.1. The molecule has 3 aromatic carbocycles. The number of ether oxygens (including phenoxy) is 3. The lowest BCUT2D eigenvalue weighted by Crippen LogP contribution is -2.60. The van der Waals surface area contributed by atoms with Crippen molar-refractivity contribution in [2.24, 2.45) is 0 Å². The van der Waals surface area contributed by atoms with Gasteiger partial charge in [0.15, 0.2) is 5.78 Å². The van der Waals surface area contributed by atoms with E-state index in [0.717, 1.165) is 17.7 Å². The first-order chi connectivity index (χ1) is 21.4. The summed E-state index contributed by atoms with van der Waals surface area (Å²) in [6.07, 6.45) is 1.93. The largest absolute Gasteiger partial charge is 0.405 e. The second kappa shape index (κ2) is 13.4. The molecule has 2 aliphatic rings. The summed E-state index contributed by atoms with van der Waals surface area (Å²) in [5, 5.41) is 0. The van der Waals surface area contributed by atoms with Gasteiger partial charge in [0.25, 0.3) is 0 Å². The number of halogens is 2. The highest BCUT2D eigenvalue weighted by Crippen LogP contribution is 2.38. The summed E-state index contributed by atoms with van der Waals surface area (Å²) in [4.78, 5) is 40.0. The quantitative estimate of drug-likeness (QED) is 0.193. The van der Waals surface area contributed by atoms with Crippen molar-refractivity contribution in [2.45, 2.75) is 70.0 Å². The van der Waals surface area contributed by atoms with Gasteiger partial charge in [0.1, 0.15) is 17.7 Å². The molecule has 0 amide bonds. The van der Waals surface area contributed by atoms with Crippen molar-refractivity contribution >= 4 is 17.7 Å². The zero-order valence-electron chi connectivity index (χ0n) is 25.6. The van der Waals surface area contributed by atoms with Crippen molar-refractivity contribution < 1.29 is 37.4 Å². The Morgan fingerprint density at radius 1 is 0.889 bits per heavy atom. The van der Waals surface area contributed by atoms with Crippen LogP contribution in [0.15, 0.2) is 84.9 Å². The predicted octanol–water partition coefficient (Wildman–Crippen LogP) is 6.81. The Balaban J connectivity index is 1.32. The molecule has 0 radical (unpaired) electrons. The van der Waals surface area contributed by atoms with Crippen molar-refractivity contribution in [2.75, 3.05) is 13.1 Å². The minimum absolute atomic E-state index is 0.00669. The Bertz CT molecular complexity index is 1480. The fourth-order valence-electron chi connectivity index (χ4n) is 5.69. The van der Waals surface area contributed by atoms with Gasteiger partial charge in [0, 0.05) is 37.2 Å². The normalized spacial score (nSPS) is 18.5. The van der Waals surface area contributed by atoms with Crippen LogP contribution in [0.5, 0.6) is 0 Å². The first-order valence-corrected chi connectivity index (χ1v) is 15.1. The van der Waals surface area contributed by atoms with Crippen LogP contribution in [0.2, 0.25) is 0 Å². The standard InChI is InChI=1S/C36H37F2NO6/c1-35(2,3)27-12-6-24(7-13-27)31(40)5-4-21-39-22-20-30(23-36(39)44-32(41)18-19-33(42)45-36)43-34(25-8-14-28(37)15-9-25)26-10-16-29(38)17-11-26/h6-19,30,34H,4-5,20-23H2,1-3H3. The zero-order valence-corrected chi connectivity index (χ0v) is 25.6. The highest BCUT2D eigenvalue weighted by Gasteiger charge is 2.50. The lowest BCUT2D eigenvalue weighted by Gasteiger charge is -2.46. The van der Waals surface area contributed by atoms with Crippen LogP contribution in [0.1, 0.15) is 79.6 Å². The maximum absolute atomic E-state index is 13.7. The molecule has 0 bridgehead atoms. The van der Waals surface area contributed by atoms with E-state index in [1.165, 1.54) is 24.3 Å². The number of ketones is 1. The van der Waals surface area contributed by atoms with Crippen LogP contribution in [-0.4, -0.2) is 47.7 Å². The Morgan fingerprint density at radius 3 is 1.93 bits per heavy atom. The van der Waals surface area contributed by atoms with Crippen LogP contribution in [0.25, 0.3) is 0 Å². The van der Waals surface area contributed by atoms with E-state index in [1.54, 1.807) is 29.2 Å². The van der Waals surface area contributed by atoms with Gasteiger partial charge in [-0.2, -0.15) is 0 Å². The average Bonchev–Trinajstić information content (AvgIpc) is 3.14. The van der Waals surface area contributed by atoms with E-state index in [9.17, 15) is 23.2 Å². The number of carbonyl (C=O) groups is 3. The van der Waals surface area contributed by atoms with Crippen LogP contribution in [-0.2, 0) is 29.2 Å². The van der Waals surface area contributed by atoms with Gasteiger partial charge in [-0.15, -0.1) is 0 Å². The molecule has 3 aromatic rings. The van der Waals surface area contributed by atoms with Crippen LogP contribution in [0.4, 0.5) is 8.78 Å². The fraction of sp³-hybridized carbons (Fsp3) is 0.361. The molecule has 0 aliphatic carbocycles. The fourth-order valence-corrected chi connectivity index (χ4v) is 5.69. The predicted molar refractivity (Wildman–Crippen MR) is 163 cm³/mol. The smallest absolute Gasteiger partial charge is 0.335 e. The second-order valence-electron chi connectivity index (χ2n) is 12.5. The molecule has 0 aromatic heterocycles. The summed E-state index contributed by atoms with van der Waals surface area (Å²) in [7, 11) is 0. The molecule has 45 heavy (non-hydrogen) atoms. The second-order valence-corrected chi connectivity index (χ2v) is 12.5. The molecule has 236 valence electrons. The minimum Gasteiger partial charge on any atom is -0.405 e. The van der Waals surface area contributed by atoms with E-state index >= 15 is 0 Å². The molecule has 5 rings (SSSR count). The number of nitrogens with zero attached hydrogens (tertiary/aromatic N) is 1. The number of hydrogen-bond donors (Lipinski definition) is 0. The number of esters is 2. The van der Waals surface area contributed by atoms with Gasteiger partial charge in [-0.25, -0.2) is 23.3 Å². The van der Waals surface area contributed by atoms with Gasteiger partial charge in [-0.3, -0.25) is 4.79 Å². The lowest BCUT2D eigenvalue weighted by atomic mass is 9.86. The molecular weight excluding hydrogens is 580 g/mol. The Labute approximate surface area is 261 Å². The van der Waals surface area contributed by atoms with Crippen molar-refractivity contribution in [1.29, 1.82) is 0 Å². The molecule has 1 spiro atoms. The maximum Gasteiger partial charge on any atom is 0.335 e. The van der Waals surface area contributed by atoms with Crippen molar-refractivity contribution in [1.82, 2.24) is 4.90 Å². The van der Waals surface area contributed by atoms with E-state index < -0.39 is 41.7 Å². The first kappa shape index (κ1) is 32.2. The first-order valence-electron chi connectivity index (χ1n) is 15.1. The SMILES string of the molecule is CC(C)(C)c1ccc(C(=O)CCCN2CCC(OC(c3ccc(F)cc3)c3ccc(F)cc3)CC23OC(=O)C=CC(=O)O3)cc1. The number of rotatable bonds is 9. The van der Waals surface area contributed by atoms with Gasteiger partial charge in [0.05, 0.1) is 12.5 Å². The summed E-state index contributed by atoms with van der Waals surface area (Å²) in [6.45, 7) is 6.99. The van der Waals surface area contributed by atoms with Gasteiger partial charge in [0.2, 0.25) is 0 Å². The van der Waals surface area contributed by atoms with Gasteiger partial charge in [-0.1, -0.05) is 69.3 Å². The third-order valence-corrected chi connectivity index (χ3v) is 8.14. The Kier molecular flexibility index (Phi) is 9.60. The monoisotopic (exact) mass is 617 g/mol. The van der Waals surface area contributed by atoms with Crippen molar-refractivity contribution in [3.05, 3.63) is 119 Å². The molecule has 0 saturated carbocycles. The Morgan fingerprint density at radius 2 is 1.42 bits per heavy atom.